The molecule has 0 aliphatic heterocycles. The van der Waals surface area contributed by atoms with Crippen LogP contribution in [0, 0.1) is 0 Å². The van der Waals surface area contributed by atoms with Crippen molar-refractivity contribution in [3.63, 3.8) is 0 Å². The summed E-state index contributed by atoms with van der Waals surface area (Å²) in [7, 11) is -4.16. The van der Waals surface area contributed by atoms with Crippen molar-refractivity contribution in [1.82, 2.24) is 0 Å². The van der Waals surface area contributed by atoms with Gasteiger partial charge in [-0.15, -0.1) is 0 Å². The van der Waals surface area contributed by atoms with Crippen molar-refractivity contribution in [3.05, 3.63) is 29.8 Å². The van der Waals surface area contributed by atoms with E-state index in [0.717, 1.165) is 0 Å². The van der Waals surface area contributed by atoms with E-state index in [1.54, 1.807) is 6.92 Å². The van der Waals surface area contributed by atoms with E-state index in [9.17, 15) is 13.2 Å². The molecular weight excluding hydrogens is 204 g/mol. The number of carbonyl (C=O) groups excluding carboxylic acids is 1. The molecule has 0 aliphatic rings. The Morgan fingerprint density at radius 2 is 1.79 bits per heavy atom. The van der Waals surface area contributed by atoms with E-state index in [4.69, 9.17) is 4.55 Å². The first-order valence-electron chi connectivity index (χ1n) is 4.06. The largest absolute Gasteiger partial charge is 0.294 e. The topological polar surface area (TPSA) is 71.4 Å². The molecule has 5 heteroatoms. The highest BCUT2D eigenvalue weighted by molar-refractivity contribution is 7.85. The number of hydrogen-bond acceptors (Lipinski definition) is 3. The van der Waals surface area contributed by atoms with Crippen molar-refractivity contribution in [2.75, 3.05) is 0 Å². The monoisotopic (exact) mass is 214 g/mol. The summed E-state index contributed by atoms with van der Waals surface area (Å²) in [6.07, 6.45) is 0.366. The molecule has 0 saturated heterocycles. The average molecular weight is 214 g/mol. The standard InChI is InChI=1S/C9H10O4S/c1-2-9(10)7-3-5-8(6-4-7)14(11,12)13/h3-6H,2H2,1H3,(H,11,12,13). The molecule has 0 bridgehead atoms. The number of benzene rings is 1. The van der Waals surface area contributed by atoms with Crippen molar-refractivity contribution >= 4 is 15.9 Å². The minimum Gasteiger partial charge on any atom is -0.294 e. The molecule has 14 heavy (non-hydrogen) atoms. The van der Waals surface area contributed by atoms with Gasteiger partial charge in [0.25, 0.3) is 10.1 Å². The molecule has 0 heterocycles. The second-order valence-electron chi connectivity index (χ2n) is 2.78. The van der Waals surface area contributed by atoms with Crippen LogP contribution in [0.4, 0.5) is 0 Å². The Labute approximate surface area is 82.3 Å². The molecule has 1 aromatic rings. The molecule has 0 unspecified atom stereocenters. The van der Waals surface area contributed by atoms with Gasteiger partial charge in [-0.25, -0.2) is 0 Å². The van der Waals surface area contributed by atoms with E-state index in [1.807, 2.05) is 0 Å². The van der Waals surface area contributed by atoms with Crippen molar-refractivity contribution < 1.29 is 17.8 Å². The summed E-state index contributed by atoms with van der Waals surface area (Å²) in [6.45, 7) is 1.72. The van der Waals surface area contributed by atoms with Crippen LogP contribution >= 0.6 is 0 Å². The van der Waals surface area contributed by atoms with Gasteiger partial charge in [-0.3, -0.25) is 9.35 Å². The Bertz CT molecular complexity index is 430. The summed E-state index contributed by atoms with van der Waals surface area (Å²) in [6, 6.07) is 5.18. The molecule has 76 valence electrons. The first kappa shape index (κ1) is 10.9. The van der Waals surface area contributed by atoms with Crippen LogP contribution in [0.2, 0.25) is 0 Å². The minimum atomic E-state index is -4.16. The van der Waals surface area contributed by atoms with Crippen molar-refractivity contribution in [1.29, 1.82) is 0 Å². The number of Topliss-reactive ketones (excluding diaryl/α,β-unsaturated/α-hetero) is 1. The zero-order valence-electron chi connectivity index (χ0n) is 7.60. The lowest BCUT2D eigenvalue weighted by Crippen LogP contribution is -2.00. The average Bonchev–Trinajstić information content (AvgIpc) is 2.15. The van der Waals surface area contributed by atoms with Crippen LogP contribution < -0.4 is 0 Å². The molecule has 0 spiro atoms. The van der Waals surface area contributed by atoms with Gasteiger partial charge in [-0.2, -0.15) is 8.42 Å². The van der Waals surface area contributed by atoms with E-state index in [-0.39, 0.29) is 10.7 Å². The van der Waals surface area contributed by atoms with Gasteiger partial charge in [0.2, 0.25) is 0 Å². The zero-order valence-corrected chi connectivity index (χ0v) is 8.41. The van der Waals surface area contributed by atoms with Crippen LogP contribution in [0.15, 0.2) is 29.2 Å². The van der Waals surface area contributed by atoms with Crippen LogP contribution in [0.1, 0.15) is 23.7 Å². The molecule has 4 nitrogen and oxygen atoms in total. The second-order valence-corrected chi connectivity index (χ2v) is 4.20. The van der Waals surface area contributed by atoms with E-state index in [1.165, 1.54) is 24.3 Å². The number of ketones is 1. The summed E-state index contributed by atoms with van der Waals surface area (Å²) in [5, 5.41) is 0. The summed E-state index contributed by atoms with van der Waals surface area (Å²) in [5.74, 6) is -0.0631. The van der Waals surface area contributed by atoms with Gasteiger partial charge in [0.1, 0.15) is 0 Å². The highest BCUT2D eigenvalue weighted by Crippen LogP contribution is 2.11. The molecule has 0 amide bonds. The molecule has 0 fully saturated rings. The fourth-order valence-corrected chi connectivity index (χ4v) is 1.50. The van der Waals surface area contributed by atoms with E-state index in [2.05, 4.69) is 0 Å². The number of carbonyl (C=O) groups is 1. The Morgan fingerprint density at radius 1 is 1.29 bits per heavy atom. The van der Waals surface area contributed by atoms with Crippen LogP contribution in [0.25, 0.3) is 0 Å². The van der Waals surface area contributed by atoms with Crippen LogP contribution in [-0.4, -0.2) is 18.8 Å². The normalized spacial score (nSPS) is 11.3. The van der Waals surface area contributed by atoms with Crippen molar-refractivity contribution in [3.8, 4) is 0 Å². The molecule has 0 atom stereocenters. The summed E-state index contributed by atoms with van der Waals surface area (Å²) < 4.78 is 30.0. The fourth-order valence-electron chi connectivity index (χ4n) is 1.02. The maximum atomic E-state index is 11.2. The molecule has 0 radical (unpaired) electrons. The third-order valence-corrected chi connectivity index (χ3v) is 2.66. The van der Waals surface area contributed by atoms with Crippen LogP contribution in [0.5, 0.6) is 0 Å². The smallest absolute Gasteiger partial charge is 0.294 e. The Balaban J connectivity index is 3.07. The minimum absolute atomic E-state index is 0.0631. The Hall–Kier alpha value is -1.20. The van der Waals surface area contributed by atoms with Gasteiger partial charge >= 0.3 is 0 Å². The SMILES string of the molecule is CCC(=O)c1ccc(S(=O)(=O)O)cc1. The second kappa shape index (κ2) is 3.89. The third kappa shape index (κ3) is 2.40. The van der Waals surface area contributed by atoms with Crippen LogP contribution in [-0.2, 0) is 10.1 Å². The lowest BCUT2D eigenvalue weighted by molar-refractivity contribution is 0.0988. The van der Waals surface area contributed by atoms with Crippen molar-refractivity contribution in [2.24, 2.45) is 0 Å². The maximum Gasteiger partial charge on any atom is 0.294 e. The third-order valence-electron chi connectivity index (χ3n) is 1.80. The van der Waals surface area contributed by atoms with Crippen molar-refractivity contribution in [2.45, 2.75) is 18.2 Å². The molecule has 1 rings (SSSR count). The number of hydrogen-bond donors (Lipinski definition) is 1. The quantitative estimate of drug-likeness (QED) is 0.611. The van der Waals surface area contributed by atoms with Gasteiger partial charge < -0.3 is 0 Å². The zero-order chi connectivity index (χ0) is 10.8. The Morgan fingerprint density at radius 3 is 2.14 bits per heavy atom. The lowest BCUT2D eigenvalue weighted by atomic mass is 10.1. The molecular formula is C9H10O4S. The van der Waals surface area contributed by atoms with E-state index in [0.29, 0.717) is 12.0 Å². The van der Waals surface area contributed by atoms with E-state index < -0.39 is 10.1 Å². The van der Waals surface area contributed by atoms with E-state index >= 15 is 0 Å². The van der Waals surface area contributed by atoms with Gasteiger partial charge in [0.15, 0.2) is 5.78 Å². The molecule has 0 aromatic heterocycles. The van der Waals surface area contributed by atoms with Gasteiger partial charge in [-0.05, 0) is 12.1 Å². The predicted octanol–water partition coefficient (Wildman–Crippen LogP) is 1.53. The Kier molecular flexibility index (Phi) is 3.03. The van der Waals surface area contributed by atoms with Gasteiger partial charge in [-0.1, -0.05) is 19.1 Å². The van der Waals surface area contributed by atoms with Gasteiger partial charge in [0, 0.05) is 12.0 Å². The maximum absolute atomic E-state index is 11.2. The summed E-state index contributed by atoms with van der Waals surface area (Å²) in [4.78, 5) is 11.0. The summed E-state index contributed by atoms with van der Waals surface area (Å²) in [5.41, 5.74) is 0.444. The number of rotatable bonds is 3. The fraction of sp³-hybridized carbons (Fsp3) is 0.222. The first-order valence-corrected chi connectivity index (χ1v) is 5.50. The predicted molar refractivity (Wildman–Crippen MR) is 50.9 cm³/mol. The lowest BCUT2D eigenvalue weighted by Gasteiger charge is -1.99. The van der Waals surface area contributed by atoms with Gasteiger partial charge in [0.05, 0.1) is 4.90 Å². The summed E-state index contributed by atoms with van der Waals surface area (Å²) >= 11 is 0. The first-order chi connectivity index (χ1) is 6.45. The molecule has 0 saturated carbocycles. The van der Waals surface area contributed by atoms with Crippen LogP contribution in [0.3, 0.4) is 0 Å². The molecule has 1 N–H and O–H groups in total. The highest BCUT2D eigenvalue weighted by Gasteiger charge is 2.09. The molecule has 0 aliphatic carbocycles. The molecule has 1 aromatic carbocycles. The highest BCUT2D eigenvalue weighted by atomic mass is 32.2.